The van der Waals surface area contributed by atoms with Crippen molar-refractivity contribution in [2.24, 2.45) is 0 Å². The third kappa shape index (κ3) is 4.08. The maximum atomic E-state index is 11.7. The van der Waals surface area contributed by atoms with Crippen molar-refractivity contribution in [2.75, 3.05) is 23.7 Å². The van der Waals surface area contributed by atoms with E-state index in [4.69, 9.17) is 5.73 Å². The highest BCUT2D eigenvalue weighted by atomic mass is 16.6. The normalized spacial score (nSPS) is 10.4. The molecule has 0 saturated heterocycles. The van der Waals surface area contributed by atoms with E-state index in [2.05, 4.69) is 10.3 Å². The average molecular weight is 281 g/mol. The van der Waals surface area contributed by atoms with E-state index in [-0.39, 0.29) is 30.0 Å². The van der Waals surface area contributed by atoms with Crippen LogP contribution in [0, 0.1) is 10.1 Å². The Morgan fingerprint density at radius 2 is 2.20 bits per heavy atom. The fraction of sp³-hybridized carbons (Fsp3) is 0.500. The predicted octanol–water partition coefficient (Wildman–Crippen LogP) is 0.923. The lowest BCUT2D eigenvalue weighted by atomic mass is 10.3. The summed E-state index contributed by atoms with van der Waals surface area (Å²) in [7, 11) is 0. The van der Waals surface area contributed by atoms with Crippen LogP contribution in [0.4, 0.5) is 17.3 Å². The van der Waals surface area contributed by atoms with Crippen LogP contribution in [0.3, 0.4) is 0 Å². The zero-order valence-corrected chi connectivity index (χ0v) is 11.8. The van der Waals surface area contributed by atoms with Crippen molar-refractivity contribution in [1.29, 1.82) is 0 Å². The van der Waals surface area contributed by atoms with Gasteiger partial charge in [-0.2, -0.15) is 0 Å². The number of pyridine rings is 1. The van der Waals surface area contributed by atoms with Crippen LogP contribution in [0.2, 0.25) is 0 Å². The molecule has 1 amide bonds. The molecule has 0 aliphatic carbocycles. The molecule has 3 N–H and O–H groups in total. The zero-order chi connectivity index (χ0) is 15.3. The number of hydrogen-bond donors (Lipinski definition) is 2. The Morgan fingerprint density at radius 1 is 1.55 bits per heavy atom. The number of rotatable bonds is 6. The van der Waals surface area contributed by atoms with Crippen LogP contribution in [0.5, 0.6) is 0 Å². The number of amides is 1. The van der Waals surface area contributed by atoms with E-state index in [0.717, 1.165) is 0 Å². The summed E-state index contributed by atoms with van der Waals surface area (Å²) in [5, 5.41) is 13.5. The molecule has 1 aromatic heterocycles. The molecule has 1 rings (SSSR count). The first-order valence-electron chi connectivity index (χ1n) is 6.30. The van der Waals surface area contributed by atoms with Crippen LogP contribution in [0.15, 0.2) is 12.1 Å². The van der Waals surface area contributed by atoms with Crippen LogP contribution >= 0.6 is 0 Å². The molecule has 0 saturated carbocycles. The van der Waals surface area contributed by atoms with Crippen LogP contribution in [0.1, 0.15) is 20.8 Å². The summed E-state index contributed by atoms with van der Waals surface area (Å²) in [6.07, 6.45) is 0. The lowest BCUT2D eigenvalue weighted by Crippen LogP contribution is -2.40. The molecule has 8 nitrogen and oxygen atoms in total. The minimum atomic E-state index is -0.589. The highest BCUT2D eigenvalue weighted by Gasteiger charge is 2.17. The Labute approximate surface area is 117 Å². The number of nitro groups is 1. The van der Waals surface area contributed by atoms with E-state index in [0.29, 0.717) is 12.4 Å². The number of carbonyl (C=O) groups excluding carboxylic acids is 1. The van der Waals surface area contributed by atoms with Crippen molar-refractivity contribution < 1.29 is 9.72 Å². The van der Waals surface area contributed by atoms with Crippen molar-refractivity contribution in [1.82, 2.24) is 10.3 Å². The van der Waals surface area contributed by atoms with Crippen molar-refractivity contribution in [3.63, 3.8) is 0 Å². The molecule has 0 aliphatic heterocycles. The molecule has 0 unspecified atom stereocenters. The van der Waals surface area contributed by atoms with Crippen LogP contribution in [0.25, 0.3) is 0 Å². The Bertz CT molecular complexity index is 504. The molecule has 0 aromatic carbocycles. The summed E-state index contributed by atoms with van der Waals surface area (Å²) in [5.41, 5.74) is 5.31. The van der Waals surface area contributed by atoms with Gasteiger partial charge in [-0.3, -0.25) is 14.9 Å². The van der Waals surface area contributed by atoms with Gasteiger partial charge in [0.25, 0.3) is 0 Å². The van der Waals surface area contributed by atoms with Gasteiger partial charge in [-0.05, 0) is 26.8 Å². The van der Waals surface area contributed by atoms with Crippen LogP contribution in [-0.2, 0) is 4.79 Å². The van der Waals surface area contributed by atoms with Gasteiger partial charge in [-0.15, -0.1) is 0 Å². The molecular weight excluding hydrogens is 262 g/mol. The van der Waals surface area contributed by atoms with Gasteiger partial charge in [0.2, 0.25) is 11.7 Å². The quantitative estimate of drug-likeness (QED) is 0.592. The molecule has 1 heterocycles. The summed E-state index contributed by atoms with van der Waals surface area (Å²) in [4.78, 5) is 27.5. The van der Waals surface area contributed by atoms with Gasteiger partial charge < -0.3 is 16.0 Å². The second-order valence-electron chi connectivity index (χ2n) is 4.57. The zero-order valence-electron chi connectivity index (χ0n) is 11.8. The second-order valence-corrected chi connectivity index (χ2v) is 4.57. The largest absolute Gasteiger partial charge is 0.378 e. The third-order valence-electron chi connectivity index (χ3n) is 2.57. The van der Waals surface area contributed by atoms with Crippen LogP contribution in [-0.4, -0.2) is 34.9 Å². The summed E-state index contributed by atoms with van der Waals surface area (Å²) in [6.45, 7) is 6.27. The molecule has 0 fully saturated rings. The molecule has 20 heavy (non-hydrogen) atoms. The Hall–Kier alpha value is -2.38. The standard InChI is InChI=1S/C12H19N5O3/c1-4-16(7-11(18)14-8(2)3)10-6-5-9(17(19)20)12(13)15-10/h5-6,8H,4,7H2,1-3H3,(H2,13,15)(H,14,18). The number of nitrogens with two attached hydrogens (primary N) is 1. The fourth-order valence-electron chi connectivity index (χ4n) is 1.68. The fourth-order valence-corrected chi connectivity index (χ4v) is 1.68. The SMILES string of the molecule is CCN(CC(=O)NC(C)C)c1ccc([N+](=O)[O-])c(N)n1. The van der Waals surface area contributed by atoms with Crippen molar-refractivity contribution in [3.8, 4) is 0 Å². The summed E-state index contributed by atoms with van der Waals surface area (Å²) in [5.74, 6) is 0.144. The lowest BCUT2D eigenvalue weighted by Gasteiger charge is -2.22. The Kier molecular flexibility index (Phi) is 5.24. The molecule has 1 aromatic rings. The number of nitrogens with one attached hydrogen (secondary N) is 1. The number of anilines is 2. The minimum Gasteiger partial charge on any atom is -0.378 e. The first kappa shape index (κ1) is 15.7. The highest BCUT2D eigenvalue weighted by molar-refractivity contribution is 5.81. The number of hydrogen-bond acceptors (Lipinski definition) is 6. The van der Waals surface area contributed by atoms with E-state index in [1.165, 1.54) is 12.1 Å². The molecule has 0 aliphatic rings. The number of nitrogens with zero attached hydrogens (tertiary/aromatic N) is 3. The molecular formula is C12H19N5O3. The minimum absolute atomic E-state index is 0.0519. The molecule has 0 atom stereocenters. The van der Waals surface area contributed by atoms with E-state index in [1.54, 1.807) is 4.90 Å². The number of carbonyl (C=O) groups is 1. The predicted molar refractivity (Wildman–Crippen MR) is 76.5 cm³/mol. The maximum Gasteiger partial charge on any atom is 0.311 e. The molecule has 110 valence electrons. The lowest BCUT2D eigenvalue weighted by molar-refractivity contribution is -0.384. The maximum absolute atomic E-state index is 11.7. The second kappa shape index (κ2) is 6.69. The van der Waals surface area contributed by atoms with Gasteiger partial charge in [0.05, 0.1) is 11.5 Å². The average Bonchev–Trinajstić information content (AvgIpc) is 2.34. The van der Waals surface area contributed by atoms with Gasteiger partial charge in [-0.25, -0.2) is 4.98 Å². The molecule has 0 radical (unpaired) electrons. The van der Waals surface area contributed by atoms with Gasteiger partial charge in [-0.1, -0.05) is 0 Å². The van der Waals surface area contributed by atoms with E-state index in [9.17, 15) is 14.9 Å². The molecule has 0 bridgehead atoms. The molecule has 8 heteroatoms. The van der Waals surface area contributed by atoms with E-state index < -0.39 is 4.92 Å². The monoisotopic (exact) mass is 281 g/mol. The first-order valence-corrected chi connectivity index (χ1v) is 6.30. The Balaban J connectivity index is 2.88. The smallest absolute Gasteiger partial charge is 0.311 e. The van der Waals surface area contributed by atoms with Gasteiger partial charge in [0.15, 0.2) is 0 Å². The number of likely N-dealkylation sites (N-methyl/N-ethyl adjacent to an activating group) is 1. The number of aromatic nitrogens is 1. The highest BCUT2D eigenvalue weighted by Crippen LogP contribution is 2.22. The third-order valence-corrected chi connectivity index (χ3v) is 2.57. The summed E-state index contributed by atoms with van der Waals surface area (Å²) in [6, 6.07) is 2.83. The van der Waals surface area contributed by atoms with Gasteiger partial charge >= 0.3 is 5.69 Å². The van der Waals surface area contributed by atoms with Gasteiger partial charge in [0.1, 0.15) is 5.82 Å². The Morgan fingerprint density at radius 3 is 2.65 bits per heavy atom. The van der Waals surface area contributed by atoms with Crippen molar-refractivity contribution in [3.05, 3.63) is 22.2 Å². The summed E-state index contributed by atoms with van der Waals surface area (Å²) < 4.78 is 0. The van der Waals surface area contributed by atoms with Crippen molar-refractivity contribution >= 4 is 23.2 Å². The summed E-state index contributed by atoms with van der Waals surface area (Å²) >= 11 is 0. The molecule has 0 spiro atoms. The number of nitrogen functional groups attached to an aromatic ring is 1. The van der Waals surface area contributed by atoms with Crippen LogP contribution < -0.4 is 16.0 Å². The van der Waals surface area contributed by atoms with E-state index in [1.807, 2.05) is 20.8 Å². The van der Waals surface area contributed by atoms with E-state index >= 15 is 0 Å². The van der Waals surface area contributed by atoms with Gasteiger partial charge in [0, 0.05) is 18.7 Å². The topological polar surface area (TPSA) is 114 Å². The van der Waals surface area contributed by atoms with Crippen molar-refractivity contribution in [2.45, 2.75) is 26.8 Å². The first-order chi connectivity index (χ1) is 9.35.